The van der Waals surface area contributed by atoms with Crippen molar-refractivity contribution in [2.45, 2.75) is 58.1 Å². The number of amides is 1. The second-order valence-electron chi connectivity index (χ2n) is 7.64. The molecule has 2 heterocycles. The van der Waals surface area contributed by atoms with Crippen LogP contribution in [-0.4, -0.2) is 45.1 Å². The molecule has 7 heteroatoms. The third kappa shape index (κ3) is 3.63. The summed E-state index contributed by atoms with van der Waals surface area (Å²) in [6.45, 7) is 9.25. The molecule has 2 unspecified atom stereocenters. The lowest BCUT2D eigenvalue weighted by Gasteiger charge is -2.36. The number of aromatic nitrogens is 1. The Balaban J connectivity index is 1.89. The first-order chi connectivity index (χ1) is 11.6. The third-order valence-electron chi connectivity index (χ3n) is 4.04. The SMILES string of the molecule is CC(C)(C)OC(=O)N1C(C(O)c2nc3ccccc3s2)COC1(C)C. The molecule has 6 nitrogen and oxygen atoms in total. The van der Waals surface area contributed by atoms with Crippen molar-refractivity contribution in [1.82, 2.24) is 9.88 Å². The Kier molecular flexibility index (Phi) is 4.51. The van der Waals surface area contributed by atoms with Gasteiger partial charge in [-0.15, -0.1) is 11.3 Å². The van der Waals surface area contributed by atoms with Crippen molar-refractivity contribution >= 4 is 27.6 Å². The van der Waals surface area contributed by atoms with Crippen LogP contribution >= 0.6 is 11.3 Å². The van der Waals surface area contributed by atoms with Gasteiger partial charge >= 0.3 is 6.09 Å². The molecular formula is C18H24N2O4S. The number of thiazole rings is 1. The first-order valence-corrected chi connectivity index (χ1v) is 9.10. The number of ether oxygens (including phenoxy) is 2. The van der Waals surface area contributed by atoms with Gasteiger partial charge in [-0.2, -0.15) is 0 Å². The molecule has 1 saturated heterocycles. The minimum Gasteiger partial charge on any atom is -0.444 e. The van der Waals surface area contributed by atoms with Crippen LogP contribution in [0.25, 0.3) is 10.2 Å². The summed E-state index contributed by atoms with van der Waals surface area (Å²) in [6.07, 6.45) is -1.44. The molecule has 3 rings (SSSR count). The van der Waals surface area contributed by atoms with E-state index < -0.39 is 29.6 Å². The maximum absolute atomic E-state index is 12.7. The number of hydrogen-bond acceptors (Lipinski definition) is 6. The Morgan fingerprint density at radius 1 is 1.44 bits per heavy atom. The smallest absolute Gasteiger partial charge is 0.413 e. The Labute approximate surface area is 151 Å². The van der Waals surface area contributed by atoms with E-state index in [4.69, 9.17) is 9.47 Å². The molecule has 1 aromatic carbocycles. The summed E-state index contributed by atoms with van der Waals surface area (Å²) < 4.78 is 12.3. The minimum atomic E-state index is -0.938. The lowest BCUT2D eigenvalue weighted by Crippen LogP contribution is -2.51. The van der Waals surface area contributed by atoms with Gasteiger partial charge in [-0.05, 0) is 46.8 Å². The average molecular weight is 364 g/mol. The Morgan fingerprint density at radius 3 is 2.76 bits per heavy atom. The number of carbonyl (C=O) groups is 1. The standard InChI is InChI=1S/C18H24N2O4S/c1-17(2,3)24-16(22)20-12(10-23-18(20,4)5)14(21)15-19-11-8-6-7-9-13(11)25-15/h6-9,12,14,21H,10H2,1-5H3. The lowest BCUT2D eigenvalue weighted by molar-refractivity contribution is -0.0679. The van der Waals surface area contributed by atoms with Crippen molar-refractivity contribution in [3.05, 3.63) is 29.3 Å². The zero-order valence-electron chi connectivity index (χ0n) is 15.1. The number of aliphatic hydroxyl groups excluding tert-OH is 1. The summed E-state index contributed by atoms with van der Waals surface area (Å²) in [7, 11) is 0. The van der Waals surface area contributed by atoms with Crippen LogP contribution in [-0.2, 0) is 9.47 Å². The quantitative estimate of drug-likeness (QED) is 0.880. The molecule has 1 aromatic heterocycles. The van der Waals surface area contributed by atoms with Gasteiger partial charge in [0.15, 0.2) is 0 Å². The fourth-order valence-corrected chi connectivity index (χ4v) is 3.92. The number of carbonyl (C=O) groups excluding carboxylic acids is 1. The maximum atomic E-state index is 12.7. The van der Waals surface area contributed by atoms with Crippen LogP contribution in [0.1, 0.15) is 45.7 Å². The Hall–Kier alpha value is -1.70. The van der Waals surface area contributed by atoms with E-state index in [1.54, 1.807) is 13.8 Å². The molecule has 1 amide bonds. The predicted molar refractivity (Wildman–Crippen MR) is 96.5 cm³/mol. The monoisotopic (exact) mass is 364 g/mol. The van der Waals surface area contributed by atoms with Gasteiger partial charge in [0.25, 0.3) is 0 Å². The van der Waals surface area contributed by atoms with Crippen LogP contribution in [0.5, 0.6) is 0 Å². The van der Waals surface area contributed by atoms with E-state index in [2.05, 4.69) is 4.98 Å². The topological polar surface area (TPSA) is 71.9 Å². The van der Waals surface area contributed by atoms with Crippen molar-refractivity contribution in [1.29, 1.82) is 0 Å². The molecule has 0 radical (unpaired) electrons. The fraction of sp³-hybridized carbons (Fsp3) is 0.556. The minimum absolute atomic E-state index is 0.226. The summed E-state index contributed by atoms with van der Waals surface area (Å²) in [5, 5.41) is 11.5. The number of fused-ring (bicyclic) bond motifs is 1. The Bertz CT molecular complexity index is 748. The highest BCUT2D eigenvalue weighted by Gasteiger charge is 2.49. The van der Waals surface area contributed by atoms with Crippen LogP contribution in [0.3, 0.4) is 0 Å². The molecule has 1 aliphatic rings. The maximum Gasteiger partial charge on any atom is 0.413 e. The molecular weight excluding hydrogens is 340 g/mol. The highest BCUT2D eigenvalue weighted by Crippen LogP contribution is 2.37. The first kappa shape index (κ1) is 18.1. The largest absolute Gasteiger partial charge is 0.444 e. The van der Waals surface area contributed by atoms with E-state index in [1.807, 2.05) is 45.0 Å². The zero-order valence-corrected chi connectivity index (χ0v) is 16.0. The Morgan fingerprint density at radius 2 is 2.12 bits per heavy atom. The summed E-state index contributed by atoms with van der Waals surface area (Å²) in [5.41, 5.74) is -0.644. The molecule has 0 spiro atoms. The predicted octanol–water partition coefficient (Wildman–Crippen LogP) is 3.70. The van der Waals surface area contributed by atoms with Gasteiger partial charge in [0.05, 0.1) is 22.9 Å². The number of rotatable bonds is 2. The van der Waals surface area contributed by atoms with Crippen molar-refractivity contribution in [3.8, 4) is 0 Å². The molecule has 2 aromatic rings. The molecule has 1 fully saturated rings. The van der Waals surface area contributed by atoms with Crippen molar-refractivity contribution in [2.75, 3.05) is 6.61 Å². The van der Waals surface area contributed by atoms with Crippen molar-refractivity contribution in [3.63, 3.8) is 0 Å². The van der Waals surface area contributed by atoms with Gasteiger partial charge in [0, 0.05) is 0 Å². The number of para-hydroxylation sites is 1. The van der Waals surface area contributed by atoms with Gasteiger partial charge in [-0.3, -0.25) is 4.90 Å². The molecule has 136 valence electrons. The zero-order chi connectivity index (χ0) is 18.4. The van der Waals surface area contributed by atoms with E-state index in [0.717, 1.165) is 10.2 Å². The second-order valence-corrected chi connectivity index (χ2v) is 8.70. The molecule has 25 heavy (non-hydrogen) atoms. The number of hydrogen-bond donors (Lipinski definition) is 1. The average Bonchev–Trinajstić information content (AvgIpc) is 3.05. The van der Waals surface area contributed by atoms with E-state index in [9.17, 15) is 9.90 Å². The summed E-state index contributed by atoms with van der Waals surface area (Å²) in [4.78, 5) is 18.7. The fourth-order valence-electron chi connectivity index (χ4n) is 2.91. The highest BCUT2D eigenvalue weighted by atomic mass is 32.1. The van der Waals surface area contributed by atoms with E-state index in [0.29, 0.717) is 5.01 Å². The van der Waals surface area contributed by atoms with Gasteiger partial charge < -0.3 is 14.6 Å². The summed E-state index contributed by atoms with van der Waals surface area (Å²) in [6, 6.07) is 7.16. The van der Waals surface area contributed by atoms with Crippen LogP contribution in [0.4, 0.5) is 4.79 Å². The van der Waals surface area contributed by atoms with Crippen molar-refractivity contribution in [2.24, 2.45) is 0 Å². The number of benzene rings is 1. The van der Waals surface area contributed by atoms with Crippen molar-refractivity contribution < 1.29 is 19.4 Å². The molecule has 1 N–H and O–H groups in total. The van der Waals surface area contributed by atoms with Gasteiger partial charge in [-0.1, -0.05) is 12.1 Å². The normalized spacial score (nSPS) is 21.5. The number of aliphatic hydroxyl groups is 1. The van der Waals surface area contributed by atoms with Gasteiger partial charge in [-0.25, -0.2) is 9.78 Å². The first-order valence-electron chi connectivity index (χ1n) is 8.28. The molecule has 2 atom stereocenters. The van der Waals surface area contributed by atoms with E-state index in [-0.39, 0.29) is 6.61 Å². The van der Waals surface area contributed by atoms with Crippen LogP contribution in [0.2, 0.25) is 0 Å². The molecule has 1 aliphatic heterocycles. The van der Waals surface area contributed by atoms with Crippen LogP contribution in [0.15, 0.2) is 24.3 Å². The van der Waals surface area contributed by atoms with Crippen LogP contribution < -0.4 is 0 Å². The second kappa shape index (κ2) is 6.23. The molecule has 0 saturated carbocycles. The lowest BCUT2D eigenvalue weighted by atomic mass is 10.1. The van der Waals surface area contributed by atoms with Gasteiger partial charge in [0.1, 0.15) is 22.4 Å². The van der Waals surface area contributed by atoms with Gasteiger partial charge in [0.2, 0.25) is 0 Å². The van der Waals surface area contributed by atoms with Crippen LogP contribution in [0, 0.1) is 0 Å². The highest BCUT2D eigenvalue weighted by molar-refractivity contribution is 7.18. The van der Waals surface area contributed by atoms with E-state index >= 15 is 0 Å². The molecule has 0 aliphatic carbocycles. The van der Waals surface area contributed by atoms with E-state index in [1.165, 1.54) is 16.2 Å². The third-order valence-corrected chi connectivity index (χ3v) is 5.14. The summed E-state index contributed by atoms with van der Waals surface area (Å²) in [5.74, 6) is 0. The molecule has 0 bridgehead atoms. The summed E-state index contributed by atoms with van der Waals surface area (Å²) >= 11 is 1.42. The number of nitrogens with zero attached hydrogens (tertiary/aromatic N) is 2.